The SMILES string of the molecule is O=C(O)c1c(F)c(F)c(S(=O)(=O)Nc2cccc3ccc(C4Cc5cc6ccccc6cc5C4=O)nc23)c(F)c1F. The fourth-order valence-electron chi connectivity index (χ4n) is 5.09. The number of rotatable bonds is 5. The number of carboxylic acids is 1. The summed E-state index contributed by atoms with van der Waals surface area (Å²) in [5.74, 6) is -12.7. The van der Waals surface area contributed by atoms with Crippen molar-refractivity contribution in [1.29, 1.82) is 0 Å². The van der Waals surface area contributed by atoms with Crippen molar-refractivity contribution in [2.24, 2.45) is 0 Å². The molecule has 2 N–H and O–H groups in total. The van der Waals surface area contributed by atoms with E-state index in [1.165, 1.54) is 12.1 Å². The number of hydrogen-bond acceptors (Lipinski definition) is 5. The van der Waals surface area contributed by atoms with E-state index in [-0.39, 0.29) is 17.0 Å². The number of pyridine rings is 1. The number of carbonyl (C=O) groups excluding carboxylic acids is 1. The number of anilines is 1. The van der Waals surface area contributed by atoms with Crippen LogP contribution in [0.25, 0.3) is 21.7 Å². The molecule has 4 aromatic carbocycles. The summed E-state index contributed by atoms with van der Waals surface area (Å²) in [6, 6.07) is 18.7. The molecule has 0 amide bonds. The molecule has 206 valence electrons. The minimum absolute atomic E-state index is 0.00593. The molecule has 0 fully saturated rings. The Morgan fingerprint density at radius 3 is 2.15 bits per heavy atom. The molecule has 0 aliphatic heterocycles. The summed E-state index contributed by atoms with van der Waals surface area (Å²) in [5, 5.41) is 11.1. The summed E-state index contributed by atoms with van der Waals surface area (Å²) in [4.78, 5) is 26.8. The number of ketones is 1. The van der Waals surface area contributed by atoms with Gasteiger partial charge in [-0.2, -0.15) is 0 Å². The van der Waals surface area contributed by atoms with Gasteiger partial charge in [0.15, 0.2) is 33.9 Å². The Hall–Kier alpha value is -4.84. The first kappa shape index (κ1) is 26.4. The number of nitrogens with one attached hydrogen (secondary N) is 1. The van der Waals surface area contributed by atoms with Gasteiger partial charge in [-0.15, -0.1) is 0 Å². The molecule has 41 heavy (non-hydrogen) atoms. The third kappa shape index (κ3) is 4.18. The van der Waals surface area contributed by atoms with Crippen LogP contribution in [-0.2, 0) is 16.4 Å². The van der Waals surface area contributed by atoms with Gasteiger partial charge in [-0.1, -0.05) is 48.5 Å². The molecular formula is C29H16F4N2O5S. The first-order valence-electron chi connectivity index (χ1n) is 12.1. The monoisotopic (exact) mass is 580 g/mol. The quantitative estimate of drug-likeness (QED) is 0.196. The molecule has 0 saturated heterocycles. The van der Waals surface area contributed by atoms with Crippen LogP contribution in [0.1, 0.15) is 37.9 Å². The van der Waals surface area contributed by atoms with Crippen molar-refractivity contribution >= 4 is 49.1 Å². The van der Waals surface area contributed by atoms with Crippen molar-refractivity contribution in [1.82, 2.24) is 4.98 Å². The number of halogens is 4. The van der Waals surface area contributed by atoms with Crippen molar-refractivity contribution in [2.75, 3.05) is 4.72 Å². The minimum atomic E-state index is -5.34. The molecule has 7 nitrogen and oxygen atoms in total. The van der Waals surface area contributed by atoms with E-state index in [0.29, 0.717) is 23.1 Å². The summed E-state index contributed by atoms with van der Waals surface area (Å²) >= 11 is 0. The number of Topliss-reactive ketones (excluding diaryl/α,β-unsaturated/α-hetero) is 1. The summed E-state index contributed by atoms with van der Waals surface area (Å²) in [6.07, 6.45) is 0.344. The van der Waals surface area contributed by atoms with Crippen molar-refractivity contribution in [2.45, 2.75) is 17.2 Å². The maximum Gasteiger partial charge on any atom is 0.341 e. The predicted octanol–water partition coefficient (Wildman–Crippen LogP) is 5.97. The van der Waals surface area contributed by atoms with Gasteiger partial charge in [-0.05, 0) is 41.0 Å². The van der Waals surface area contributed by atoms with Crippen molar-refractivity contribution in [3.63, 3.8) is 0 Å². The number of carboxylic acid groups (broad SMARTS) is 1. The Kier molecular flexibility index (Phi) is 6.03. The molecule has 1 atom stereocenters. The number of hydrogen-bond donors (Lipinski definition) is 2. The van der Waals surface area contributed by atoms with Gasteiger partial charge in [-0.25, -0.2) is 35.8 Å². The standard InChI is InChI=1S/C29H16F4N2O5S/c30-22-21(29(37)38)23(31)25(33)28(24(22)32)41(39,40)35-20-7-3-6-13-8-9-19(34-26(13)20)18-12-16-10-14-4-1-2-5-15(14)11-17(16)27(18)36/h1-11,18,35H,12H2,(H,37,38). The van der Waals surface area contributed by atoms with Crippen LogP contribution < -0.4 is 4.72 Å². The zero-order chi connectivity index (χ0) is 29.2. The normalized spacial score (nSPS) is 14.9. The number of benzene rings is 4. The van der Waals surface area contributed by atoms with E-state index in [1.54, 1.807) is 18.2 Å². The van der Waals surface area contributed by atoms with Gasteiger partial charge in [0.2, 0.25) is 0 Å². The van der Waals surface area contributed by atoms with Crippen molar-refractivity contribution in [3.8, 4) is 0 Å². The third-order valence-electron chi connectivity index (χ3n) is 7.03. The van der Waals surface area contributed by atoms with E-state index < -0.39 is 55.6 Å². The highest BCUT2D eigenvalue weighted by Gasteiger charge is 2.36. The Morgan fingerprint density at radius 1 is 0.854 bits per heavy atom. The van der Waals surface area contributed by atoms with Crippen LogP contribution in [0.4, 0.5) is 23.2 Å². The zero-order valence-electron chi connectivity index (χ0n) is 20.6. The zero-order valence-corrected chi connectivity index (χ0v) is 21.4. The molecule has 1 unspecified atom stereocenters. The lowest BCUT2D eigenvalue weighted by molar-refractivity contribution is 0.0682. The topological polar surface area (TPSA) is 113 Å². The Labute approximate surface area is 229 Å². The highest BCUT2D eigenvalue weighted by molar-refractivity contribution is 7.92. The maximum absolute atomic E-state index is 14.6. The predicted molar refractivity (Wildman–Crippen MR) is 141 cm³/mol. The lowest BCUT2D eigenvalue weighted by Gasteiger charge is -2.14. The highest BCUT2D eigenvalue weighted by Crippen LogP contribution is 2.37. The van der Waals surface area contributed by atoms with E-state index in [9.17, 15) is 35.6 Å². The van der Waals surface area contributed by atoms with Gasteiger partial charge in [0.1, 0.15) is 5.56 Å². The average molecular weight is 581 g/mol. The summed E-state index contributed by atoms with van der Waals surface area (Å²) in [5.41, 5.74) is -0.564. The first-order chi connectivity index (χ1) is 19.5. The molecule has 0 saturated carbocycles. The van der Waals surface area contributed by atoms with Gasteiger partial charge < -0.3 is 5.11 Å². The lowest BCUT2D eigenvalue weighted by Crippen LogP contribution is -2.21. The van der Waals surface area contributed by atoms with Crippen LogP contribution in [0.5, 0.6) is 0 Å². The fraction of sp³-hybridized carbons (Fsp3) is 0.0690. The Morgan fingerprint density at radius 2 is 1.49 bits per heavy atom. The number of nitrogens with zero attached hydrogens (tertiary/aromatic N) is 1. The van der Waals surface area contributed by atoms with E-state index in [1.807, 2.05) is 41.1 Å². The number of carbonyl (C=O) groups is 2. The molecule has 1 aliphatic rings. The molecule has 1 aromatic heterocycles. The smallest absolute Gasteiger partial charge is 0.341 e. The molecule has 0 radical (unpaired) electrons. The number of sulfonamides is 1. The fourth-order valence-corrected chi connectivity index (χ4v) is 6.30. The molecule has 5 aromatic rings. The van der Waals surface area contributed by atoms with Gasteiger partial charge >= 0.3 is 5.97 Å². The molecule has 1 aliphatic carbocycles. The van der Waals surface area contributed by atoms with Crippen LogP contribution in [0.15, 0.2) is 71.6 Å². The second kappa shape index (κ2) is 9.37. The van der Waals surface area contributed by atoms with Crippen LogP contribution in [-0.4, -0.2) is 30.3 Å². The first-order valence-corrected chi connectivity index (χ1v) is 13.5. The Bertz CT molecular complexity index is 2050. The average Bonchev–Trinajstić information content (AvgIpc) is 3.25. The summed E-state index contributed by atoms with van der Waals surface area (Å²) in [7, 11) is -5.34. The number of aromatic carboxylic acids is 1. The molecular weight excluding hydrogens is 564 g/mol. The lowest BCUT2D eigenvalue weighted by atomic mass is 9.99. The van der Waals surface area contributed by atoms with Crippen molar-refractivity contribution in [3.05, 3.63) is 112 Å². The Balaban J connectivity index is 1.41. The highest BCUT2D eigenvalue weighted by atomic mass is 32.2. The van der Waals surface area contributed by atoms with Crippen molar-refractivity contribution < 1.29 is 40.7 Å². The number of para-hydroxylation sites is 1. The van der Waals surface area contributed by atoms with E-state index in [2.05, 4.69) is 4.98 Å². The minimum Gasteiger partial charge on any atom is -0.477 e. The van der Waals surface area contributed by atoms with Crippen LogP contribution >= 0.6 is 0 Å². The van der Waals surface area contributed by atoms with Gasteiger partial charge in [0.25, 0.3) is 10.0 Å². The van der Waals surface area contributed by atoms with Crippen LogP contribution in [0.2, 0.25) is 0 Å². The van der Waals surface area contributed by atoms with E-state index in [0.717, 1.165) is 16.3 Å². The maximum atomic E-state index is 14.6. The van der Waals surface area contributed by atoms with Gasteiger partial charge in [0.05, 0.1) is 22.8 Å². The van der Waals surface area contributed by atoms with E-state index in [4.69, 9.17) is 5.11 Å². The van der Waals surface area contributed by atoms with Crippen LogP contribution in [0.3, 0.4) is 0 Å². The second-order valence-corrected chi connectivity index (χ2v) is 11.1. The summed E-state index contributed by atoms with van der Waals surface area (Å²) < 4.78 is 85.5. The summed E-state index contributed by atoms with van der Waals surface area (Å²) in [6.45, 7) is 0. The van der Waals surface area contributed by atoms with E-state index >= 15 is 0 Å². The largest absolute Gasteiger partial charge is 0.477 e. The molecule has 0 spiro atoms. The van der Waals surface area contributed by atoms with Gasteiger partial charge in [-0.3, -0.25) is 9.52 Å². The molecule has 6 rings (SSSR count). The van der Waals surface area contributed by atoms with Gasteiger partial charge in [0, 0.05) is 10.9 Å². The molecule has 1 heterocycles. The number of fused-ring (bicyclic) bond motifs is 3. The molecule has 12 heteroatoms. The molecule has 0 bridgehead atoms. The second-order valence-electron chi connectivity index (χ2n) is 9.46. The third-order valence-corrected chi connectivity index (χ3v) is 8.41. The number of aromatic nitrogens is 1. The van der Waals surface area contributed by atoms with Crippen LogP contribution in [0, 0.1) is 23.3 Å².